The van der Waals surface area contributed by atoms with Gasteiger partial charge in [-0.25, -0.2) is 13.6 Å². The third kappa shape index (κ3) is 8.27. The van der Waals surface area contributed by atoms with Crippen molar-refractivity contribution in [1.82, 2.24) is 9.55 Å². The zero-order chi connectivity index (χ0) is 27.6. The molecule has 0 spiro atoms. The van der Waals surface area contributed by atoms with Gasteiger partial charge >= 0.3 is 6.18 Å². The Morgan fingerprint density at radius 1 is 1.19 bits per heavy atom. The van der Waals surface area contributed by atoms with Crippen LogP contribution in [0.25, 0.3) is 11.0 Å². The van der Waals surface area contributed by atoms with Crippen LogP contribution in [0.4, 0.5) is 13.2 Å². The van der Waals surface area contributed by atoms with E-state index in [1.54, 1.807) is 35.9 Å². The number of ether oxygens (including phenoxy) is 2. The van der Waals surface area contributed by atoms with Gasteiger partial charge in [-0.15, -0.1) is 0 Å². The summed E-state index contributed by atoms with van der Waals surface area (Å²) in [5.41, 5.74) is 1.34. The largest absolute Gasteiger partial charge is 0.464 e. The molecule has 37 heavy (non-hydrogen) atoms. The molecule has 0 amide bonds. The predicted octanol–water partition coefficient (Wildman–Crippen LogP) is 6.01. The SMILES string of the molecule is Cc1ccc(S(N)(=O)=O)c(CCC(Oc2nc3c(ccn3COCC[Si](C)(C)C)cc2Br)C(F)(F)F)c1. The summed E-state index contributed by atoms with van der Waals surface area (Å²) in [6.07, 6.45) is -5.92. The van der Waals surface area contributed by atoms with Crippen LogP contribution in [0.3, 0.4) is 0 Å². The molecule has 0 aliphatic heterocycles. The summed E-state index contributed by atoms with van der Waals surface area (Å²) < 4.78 is 78.8. The fraction of sp³-hybridized carbons (Fsp3) is 0.458. The molecule has 2 heterocycles. The number of benzene rings is 1. The van der Waals surface area contributed by atoms with Crippen LogP contribution >= 0.6 is 15.9 Å². The number of alkyl halides is 3. The predicted molar refractivity (Wildman–Crippen MR) is 143 cm³/mol. The molecule has 2 aromatic heterocycles. The van der Waals surface area contributed by atoms with Crippen LogP contribution in [-0.2, 0) is 27.9 Å². The van der Waals surface area contributed by atoms with E-state index in [-0.39, 0.29) is 34.0 Å². The highest BCUT2D eigenvalue weighted by Crippen LogP contribution is 2.34. The molecule has 204 valence electrons. The molecule has 0 radical (unpaired) electrons. The van der Waals surface area contributed by atoms with Gasteiger partial charge in [-0.3, -0.25) is 0 Å². The van der Waals surface area contributed by atoms with Crippen LogP contribution in [0.5, 0.6) is 5.88 Å². The minimum atomic E-state index is -4.72. The van der Waals surface area contributed by atoms with Gasteiger partial charge in [-0.05, 0) is 65.5 Å². The van der Waals surface area contributed by atoms with Crippen LogP contribution in [0, 0.1) is 6.92 Å². The Kier molecular flexibility index (Phi) is 9.16. The van der Waals surface area contributed by atoms with Crippen molar-refractivity contribution >= 4 is 45.1 Å². The van der Waals surface area contributed by atoms with Gasteiger partial charge in [0.2, 0.25) is 15.9 Å². The van der Waals surface area contributed by atoms with E-state index in [0.29, 0.717) is 23.2 Å². The van der Waals surface area contributed by atoms with Crippen LogP contribution in [0.2, 0.25) is 25.7 Å². The molecular formula is C24H31BrF3N3O4SSi. The normalized spacial score (nSPS) is 13.8. The quantitative estimate of drug-likeness (QED) is 0.209. The standard InChI is InChI=1S/C24H31BrF3N3O4SSi/c1-16-5-7-20(36(29,32)33)17(13-16)6-8-21(24(26,27)28)35-23-19(25)14-18-9-10-31(22(18)30-23)15-34-11-12-37(2,3)4/h5,7,9-10,13-14,21H,6,8,11-12,15H2,1-4H3,(H2,29,32,33). The van der Waals surface area contributed by atoms with E-state index in [9.17, 15) is 21.6 Å². The molecule has 1 unspecified atom stereocenters. The number of hydrogen-bond acceptors (Lipinski definition) is 5. The molecule has 0 aliphatic carbocycles. The number of nitrogens with two attached hydrogens (primary N) is 1. The van der Waals surface area contributed by atoms with Gasteiger partial charge in [0.15, 0.2) is 6.10 Å². The molecule has 0 fully saturated rings. The lowest BCUT2D eigenvalue weighted by atomic mass is 10.0. The molecular weight excluding hydrogens is 591 g/mol. The van der Waals surface area contributed by atoms with E-state index in [2.05, 4.69) is 40.6 Å². The Morgan fingerprint density at radius 2 is 1.89 bits per heavy atom. The number of primary sulfonamides is 1. The first-order valence-corrected chi connectivity index (χ1v) is 17.7. The van der Waals surface area contributed by atoms with Crippen molar-refractivity contribution in [3.63, 3.8) is 0 Å². The zero-order valence-corrected chi connectivity index (χ0v) is 24.5. The van der Waals surface area contributed by atoms with Crippen molar-refractivity contribution in [3.8, 4) is 5.88 Å². The number of aromatic nitrogens is 2. The van der Waals surface area contributed by atoms with Gasteiger partial charge in [0.25, 0.3) is 0 Å². The lowest BCUT2D eigenvalue weighted by Gasteiger charge is -2.22. The summed E-state index contributed by atoms with van der Waals surface area (Å²) in [5.74, 6) is -0.215. The fourth-order valence-corrected chi connectivity index (χ4v) is 5.66. The first-order chi connectivity index (χ1) is 17.0. The minimum absolute atomic E-state index is 0.201. The average molecular weight is 623 g/mol. The molecule has 1 aromatic carbocycles. The van der Waals surface area contributed by atoms with Crippen LogP contribution in [0.15, 0.2) is 45.9 Å². The summed E-state index contributed by atoms with van der Waals surface area (Å²) in [7, 11) is -5.35. The number of pyridine rings is 1. The van der Waals surface area contributed by atoms with Crippen molar-refractivity contribution in [2.24, 2.45) is 5.14 Å². The Balaban J connectivity index is 1.82. The highest BCUT2D eigenvalue weighted by atomic mass is 79.9. The van der Waals surface area contributed by atoms with Gasteiger partial charge in [-0.1, -0.05) is 37.3 Å². The van der Waals surface area contributed by atoms with E-state index in [0.717, 1.165) is 6.04 Å². The van der Waals surface area contributed by atoms with Crippen molar-refractivity contribution in [3.05, 3.63) is 52.1 Å². The Labute approximate surface area is 224 Å². The second-order valence-corrected chi connectivity index (χ2v) is 18.2. The molecule has 2 N–H and O–H groups in total. The van der Waals surface area contributed by atoms with Gasteiger partial charge in [0.1, 0.15) is 12.4 Å². The van der Waals surface area contributed by atoms with Crippen molar-refractivity contribution in [2.75, 3.05) is 6.61 Å². The number of fused-ring (bicyclic) bond motifs is 1. The number of halogens is 4. The van der Waals surface area contributed by atoms with Crippen LogP contribution in [0.1, 0.15) is 17.5 Å². The molecule has 0 bridgehead atoms. The molecule has 0 saturated heterocycles. The second-order valence-electron chi connectivity index (χ2n) is 10.2. The van der Waals surface area contributed by atoms with E-state index in [1.165, 1.54) is 12.1 Å². The number of nitrogens with zero attached hydrogens (tertiary/aromatic N) is 2. The number of hydrogen-bond donors (Lipinski definition) is 1. The van der Waals surface area contributed by atoms with Crippen LogP contribution < -0.4 is 9.88 Å². The highest BCUT2D eigenvalue weighted by Gasteiger charge is 2.42. The molecule has 3 aromatic rings. The van der Waals surface area contributed by atoms with Gasteiger partial charge in [0, 0.05) is 26.3 Å². The molecule has 3 rings (SSSR count). The first-order valence-electron chi connectivity index (χ1n) is 11.6. The molecule has 7 nitrogen and oxygen atoms in total. The van der Waals surface area contributed by atoms with Gasteiger partial charge < -0.3 is 14.0 Å². The Bertz CT molecular complexity index is 1360. The summed E-state index contributed by atoms with van der Waals surface area (Å²) in [4.78, 5) is 4.15. The van der Waals surface area contributed by atoms with Crippen LogP contribution in [-0.4, -0.2) is 44.9 Å². The summed E-state index contributed by atoms with van der Waals surface area (Å²) >= 11 is 3.26. The second kappa shape index (κ2) is 11.4. The maximum Gasteiger partial charge on any atom is 0.425 e. The number of rotatable bonds is 11. The van der Waals surface area contributed by atoms with E-state index >= 15 is 0 Å². The average Bonchev–Trinajstić information content (AvgIpc) is 3.13. The van der Waals surface area contributed by atoms with E-state index in [1.807, 2.05) is 0 Å². The van der Waals surface area contributed by atoms with Gasteiger partial charge in [-0.2, -0.15) is 18.2 Å². The fourth-order valence-electron chi connectivity index (χ4n) is 3.69. The van der Waals surface area contributed by atoms with Gasteiger partial charge in [0.05, 0.1) is 9.37 Å². The molecule has 1 atom stereocenters. The first kappa shape index (κ1) is 29.6. The third-order valence-corrected chi connectivity index (χ3v) is 8.99. The lowest BCUT2D eigenvalue weighted by Crippen LogP contribution is -2.35. The molecule has 13 heteroatoms. The Morgan fingerprint density at radius 3 is 2.51 bits per heavy atom. The third-order valence-electron chi connectivity index (χ3n) is 5.70. The van der Waals surface area contributed by atoms with Crippen molar-refractivity contribution in [1.29, 1.82) is 0 Å². The highest BCUT2D eigenvalue weighted by molar-refractivity contribution is 9.10. The van der Waals surface area contributed by atoms with E-state index < -0.39 is 36.8 Å². The number of aryl methyl sites for hydroxylation is 2. The molecule has 0 aliphatic rings. The maximum atomic E-state index is 14.0. The summed E-state index contributed by atoms with van der Waals surface area (Å²) in [6, 6.07) is 8.79. The monoisotopic (exact) mass is 621 g/mol. The maximum absolute atomic E-state index is 14.0. The lowest BCUT2D eigenvalue weighted by molar-refractivity contribution is -0.197. The smallest absolute Gasteiger partial charge is 0.425 e. The van der Waals surface area contributed by atoms with Crippen molar-refractivity contribution < 1.29 is 31.1 Å². The molecule has 0 saturated carbocycles. The zero-order valence-electron chi connectivity index (χ0n) is 21.1. The topological polar surface area (TPSA) is 96.4 Å². The summed E-state index contributed by atoms with van der Waals surface area (Å²) in [5, 5.41) is 5.97. The minimum Gasteiger partial charge on any atom is -0.464 e. The summed E-state index contributed by atoms with van der Waals surface area (Å²) in [6.45, 7) is 9.26. The Hall–Kier alpha value is -1.93. The van der Waals surface area contributed by atoms with Crippen molar-refractivity contribution in [2.45, 2.75) is 69.4 Å². The number of sulfonamides is 1. The van der Waals surface area contributed by atoms with E-state index in [4.69, 9.17) is 14.6 Å².